The van der Waals surface area contributed by atoms with E-state index >= 15 is 0 Å². The Morgan fingerprint density at radius 3 is 2.54 bits per heavy atom. The molecule has 160 valence electrons. The molecule has 5 heteroatoms. The fourth-order valence-electron chi connectivity index (χ4n) is 8.33. The minimum Gasteiger partial charge on any atom is -0.465 e. The van der Waals surface area contributed by atoms with E-state index in [0.717, 1.165) is 57.8 Å². The summed E-state index contributed by atoms with van der Waals surface area (Å²) in [6.45, 7) is 5.96. The van der Waals surface area contributed by atoms with E-state index in [9.17, 15) is 20.1 Å². The molecule has 0 aromatic carbocycles. The lowest BCUT2D eigenvalue weighted by Crippen LogP contribution is -2.64. The van der Waals surface area contributed by atoms with Crippen molar-refractivity contribution in [2.45, 2.75) is 96.4 Å². The fourth-order valence-corrected chi connectivity index (χ4v) is 8.33. The second-order valence-electron chi connectivity index (χ2n) is 10.7. The summed E-state index contributed by atoms with van der Waals surface area (Å²) in [6.07, 6.45) is 7.30. The summed E-state index contributed by atoms with van der Waals surface area (Å²) < 4.78 is 5.61. The normalized spacial score (nSPS) is 51.6. The molecular weight excluding hydrogens is 356 g/mol. The van der Waals surface area contributed by atoms with Crippen molar-refractivity contribution in [2.24, 2.45) is 34.5 Å². The molecule has 4 rings (SSSR count). The number of carbonyl (C=O) groups excluding carboxylic acids is 1. The number of aliphatic hydroxyl groups is 3. The van der Waals surface area contributed by atoms with E-state index in [4.69, 9.17) is 4.74 Å². The second-order valence-corrected chi connectivity index (χ2v) is 10.7. The fraction of sp³-hybridized carbons (Fsp3) is 0.957. The molecule has 5 nitrogen and oxygen atoms in total. The predicted molar refractivity (Wildman–Crippen MR) is 105 cm³/mol. The van der Waals surface area contributed by atoms with Gasteiger partial charge in [-0.3, -0.25) is 4.79 Å². The van der Waals surface area contributed by atoms with Gasteiger partial charge in [0.05, 0.1) is 24.4 Å². The van der Waals surface area contributed by atoms with Crippen LogP contribution in [0.15, 0.2) is 0 Å². The first kappa shape index (κ1) is 20.6. The molecule has 0 bridgehead atoms. The van der Waals surface area contributed by atoms with Crippen molar-refractivity contribution in [3.8, 4) is 0 Å². The minimum absolute atomic E-state index is 0.117. The Labute approximate surface area is 168 Å². The molecule has 0 aliphatic heterocycles. The molecule has 0 radical (unpaired) electrons. The number of hydrogen-bond donors (Lipinski definition) is 3. The quantitative estimate of drug-likeness (QED) is 0.641. The monoisotopic (exact) mass is 394 g/mol. The number of rotatable bonds is 3. The van der Waals surface area contributed by atoms with Gasteiger partial charge in [-0.1, -0.05) is 6.92 Å². The van der Waals surface area contributed by atoms with Gasteiger partial charge in [-0.15, -0.1) is 0 Å². The minimum atomic E-state index is -0.748. The zero-order valence-electron chi connectivity index (χ0n) is 17.7. The van der Waals surface area contributed by atoms with E-state index in [-0.39, 0.29) is 34.7 Å². The Kier molecular flexibility index (Phi) is 5.12. The maximum atomic E-state index is 12.1. The number of fused-ring (bicyclic) bond motifs is 5. The van der Waals surface area contributed by atoms with Crippen LogP contribution in [0, 0.1) is 34.5 Å². The summed E-state index contributed by atoms with van der Waals surface area (Å²) in [5.74, 6) is 0.782. The van der Waals surface area contributed by atoms with Crippen molar-refractivity contribution in [3.63, 3.8) is 0 Å². The van der Waals surface area contributed by atoms with Gasteiger partial charge in [-0.2, -0.15) is 0 Å². The standard InChI is InChI=1S/C23H38O5/c1-14(24)18-8-11-23(27)20-5-4-16-12-17(26)6-10-22(16,13-28-15(2)25)19(20)7-9-21(18,23)3/h14,16-20,24,26-27H,4-13H2,1-3H3/t14-,16-,17-,18+,19-,20+,21+,22+,23-/m0/s1. The second kappa shape index (κ2) is 6.95. The van der Waals surface area contributed by atoms with Crippen LogP contribution in [-0.2, 0) is 9.53 Å². The topological polar surface area (TPSA) is 87.0 Å². The molecule has 0 unspecified atom stereocenters. The van der Waals surface area contributed by atoms with Crippen LogP contribution in [0.4, 0.5) is 0 Å². The van der Waals surface area contributed by atoms with Gasteiger partial charge in [-0.05, 0) is 88.4 Å². The van der Waals surface area contributed by atoms with Gasteiger partial charge in [0.15, 0.2) is 0 Å². The highest BCUT2D eigenvalue weighted by molar-refractivity contribution is 5.65. The van der Waals surface area contributed by atoms with Crippen LogP contribution in [0.25, 0.3) is 0 Å². The Balaban J connectivity index is 1.68. The SMILES string of the molecule is CC(=O)OC[C@]12CC[C@H](O)C[C@@H]1CC[C@@H]1[C@@H]2CC[C@]2(C)[C@@H]([C@H](C)O)CC[C@]12O. The van der Waals surface area contributed by atoms with Crippen molar-refractivity contribution in [1.29, 1.82) is 0 Å². The van der Waals surface area contributed by atoms with Crippen LogP contribution < -0.4 is 0 Å². The highest BCUT2D eigenvalue weighted by Gasteiger charge is 2.68. The molecule has 3 N–H and O–H groups in total. The first-order valence-corrected chi connectivity index (χ1v) is 11.4. The van der Waals surface area contributed by atoms with Crippen molar-refractivity contribution < 1.29 is 24.9 Å². The van der Waals surface area contributed by atoms with Crippen molar-refractivity contribution in [3.05, 3.63) is 0 Å². The maximum Gasteiger partial charge on any atom is 0.302 e. The average molecular weight is 395 g/mol. The van der Waals surface area contributed by atoms with E-state index < -0.39 is 11.7 Å². The predicted octanol–water partition coefficient (Wildman–Crippen LogP) is 3.05. The van der Waals surface area contributed by atoms with E-state index in [2.05, 4.69) is 6.92 Å². The summed E-state index contributed by atoms with van der Waals surface area (Å²) in [5, 5.41) is 32.7. The third kappa shape index (κ3) is 2.79. The number of ether oxygens (including phenoxy) is 1. The molecule has 0 aromatic heterocycles. The van der Waals surface area contributed by atoms with Crippen molar-refractivity contribution in [2.75, 3.05) is 6.61 Å². The molecule has 4 aliphatic carbocycles. The van der Waals surface area contributed by atoms with Gasteiger partial charge in [0.1, 0.15) is 0 Å². The van der Waals surface area contributed by atoms with Crippen LogP contribution in [0.5, 0.6) is 0 Å². The molecule has 9 atom stereocenters. The Morgan fingerprint density at radius 2 is 1.86 bits per heavy atom. The summed E-state index contributed by atoms with van der Waals surface area (Å²) in [7, 11) is 0. The third-order valence-corrected chi connectivity index (χ3v) is 9.72. The molecule has 0 heterocycles. The van der Waals surface area contributed by atoms with E-state index in [1.165, 1.54) is 6.92 Å². The van der Waals surface area contributed by atoms with Crippen LogP contribution in [0.1, 0.15) is 78.6 Å². The summed E-state index contributed by atoms with van der Waals surface area (Å²) in [5.41, 5.74) is -1.11. The zero-order chi connectivity index (χ0) is 20.3. The summed E-state index contributed by atoms with van der Waals surface area (Å²) in [4.78, 5) is 11.6. The molecule has 0 spiro atoms. The van der Waals surface area contributed by atoms with Gasteiger partial charge < -0.3 is 20.1 Å². The lowest BCUT2D eigenvalue weighted by atomic mass is 9.43. The molecule has 28 heavy (non-hydrogen) atoms. The van der Waals surface area contributed by atoms with Crippen molar-refractivity contribution >= 4 is 5.97 Å². The average Bonchev–Trinajstić information content (AvgIpc) is 2.91. The smallest absolute Gasteiger partial charge is 0.302 e. The zero-order valence-corrected chi connectivity index (χ0v) is 17.7. The first-order chi connectivity index (χ1) is 13.1. The lowest BCUT2D eigenvalue weighted by molar-refractivity contribution is -0.228. The third-order valence-electron chi connectivity index (χ3n) is 9.72. The number of carbonyl (C=O) groups is 1. The highest BCUT2D eigenvalue weighted by atomic mass is 16.5. The molecule has 4 aliphatic rings. The van der Waals surface area contributed by atoms with E-state index in [1.54, 1.807) is 0 Å². The van der Waals surface area contributed by atoms with Crippen LogP contribution >= 0.6 is 0 Å². The summed E-state index contributed by atoms with van der Waals surface area (Å²) in [6, 6.07) is 0. The molecule has 0 aromatic rings. The van der Waals surface area contributed by atoms with Crippen LogP contribution in [0.3, 0.4) is 0 Å². The van der Waals surface area contributed by atoms with Crippen LogP contribution in [0.2, 0.25) is 0 Å². The maximum absolute atomic E-state index is 12.1. The Bertz CT molecular complexity index is 620. The lowest BCUT2D eigenvalue weighted by Gasteiger charge is -2.64. The number of hydrogen-bond acceptors (Lipinski definition) is 5. The Hall–Kier alpha value is -0.650. The van der Waals surface area contributed by atoms with Gasteiger partial charge in [-0.25, -0.2) is 0 Å². The highest BCUT2D eigenvalue weighted by Crippen LogP contribution is 2.69. The molecule has 4 fully saturated rings. The molecule has 4 saturated carbocycles. The van der Waals surface area contributed by atoms with Gasteiger partial charge in [0, 0.05) is 17.8 Å². The van der Waals surface area contributed by atoms with E-state index in [1.807, 2.05) is 6.92 Å². The number of aliphatic hydroxyl groups excluding tert-OH is 2. The Morgan fingerprint density at radius 1 is 1.11 bits per heavy atom. The van der Waals surface area contributed by atoms with Gasteiger partial charge in [0.25, 0.3) is 0 Å². The molecular formula is C23H38O5. The molecule has 0 saturated heterocycles. The largest absolute Gasteiger partial charge is 0.465 e. The first-order valence-electron chi connectivity index (χ1n) is 11.4. The number of esters is 1. The van der Waals surface area contributed by atoms with Crippen LogP contribution in [-0.4, -0.2) is 45.7 Å². The van der Waals surface area contributed by atoms with E-state index in [0.29, 0.717) is 18.4 Å². The van der Waals surface area contributed by atoms with Crippen molar-refractivity contribution in [1.82, 2.24) is 0 Å². The van der Waals surface area contributed by atoms with Gasteiger partial charge >= 0.3 is 5.97 Å². The summed E-state index contributed by atoms with van der Waals surface area (Å²) >= 11 is 0. The van der Waals surface area contributed by atoms with Gasteiger partial charge in [0.2, 0.25) is 0 Å². The molecule has 0 amide bonds.